The van der Waals surface area contributed by atoms with Crippen LogP contribution in [-0.4, -0.2) is 95.6 Å². The quantitative estimate of drug-likeness (QED) is 0.589. The van der Waals surface area contributed by atoms with Crippen molar-refractivity contribution < 1.29 is 14.9 Å². The van der Waals surface area contributed by atoms with Crippen LogP contribution in [0, 0.1) is 0 Å². The molecule has 0 amide bonds. The number of aliphatic hydroxyl groups is 2. The van der Waals surface area contributed by atoms with E-state index in [4.69, 9.17) is 27.9 Å². The molecule has 0 radical (unpaired) electrons. The summed E-state index contributed by atoms with van der Waals surface area (Å²) in [5, 5.41) is 22.2. The van der Waals surface area contributed by atoms with Gasteiger partial charge in [0.05, 0.1) is 18.8 Å². The highest BCUT2D eigenvalue weighted by Gasteiger charge is 2.47. The van der Waals surface area contributed by atoms with Crippen molar-refractivity contribution in [2.45, 2.75) is 37.4 Å². The monoisotopic (exact) mass is 493 g/mol. The molecule has 0 bridgehead atoms. The lowest BCUT2D eigenvalue weighted by Crippen LogP contribution is -2.56. The van der Waals surface area contributed by atoms with Crippen molar-refractivity contribution in [2.24, 2.45) is 0 Å². The molecule has 0 aromatic heterocycles. The molecular weight excluding hydrogens is 461 g/mol. The van der Waals surface area contributed by atoms with Gasteiger partial charge in [0.15, 0.2) is 0 Å². The maximum Gasteiger partial charge on any atom is 0.109 e. The Kier molecular flexibility index (Phi) is 8.65. The van der Waals surface area contributed by atoms with Gasteiger partial charge >= 0.3 is 0 Å². The zero-order valence-corrected chi connectivity index (χ0v) is 20.5. The number of rotatable bonds is 8. The molecule has 2 heterocycles. The van der Waals surface area contributed by atoms with Gasteiger partial charge in [0.1, 0.15) is 12.2 Å². The standard InChI is InChI=1S/C25H33Cl2N3O3/c1-28-9-11-30(12-10-28)24-22(33-23(17-31)25(24)32)16-29(14-18-5-7-20(26)8-6-18)15-19-3-2-4-21(27)13-19/h2-8,13,22-25,31-32H,9-12,14-17H2,1H3/t22-,23+,24-,25-/m1/s1. The van der Waals surface area contributed by atoms with Crippen molar-refractivity contribution in [1.29, 1.82) is 0 Å². The predicted molar refractivity (Wildman–Crippen MR) is 132 cm³/mol. The molecule has 2 aliphatic heterocycles. The van der Waals surface area contributed by atoms with E-state index in [1.807, 2.05) is 42.5 Å². The maximum absolute atomic E-state index is 11.0. The number of likely N-dealkylation sites (N-methyl/N-ethyl adjacent to an activating group) is 1. The third-order valence-corrected chi connectivity index (χ3v) is 7.14. The summed E-state index contributed by atoms with van der Waals surface area (Å²) in [5.41, 5.74) is 2.26. The normalized spacial score (nSPS) is 26.8. The van der Waals surface area contributed by atoms with Gasteiger partial charge in [-0.05, 0) is 42.4 Å². The average Bonchev–Trinajstić information content (AvgIpc) is 3.11. The first kappa shape index (κ1) is 24.9. The van der Waals surface area contributed by atoms with Crippen molar-refractivity contribution >= 4 is 23.2 Å². The summed E-state index contributed by atoms with van der Waals surface area (Å²) in [6.07, 6.45) is -1.50. The van der Waals surface area contributed by atoms with E-state index in [0.717, 1.165) is 37.3 Å². The number of piperazine rings is 1. The molecule has 0 unspecified atom stereocenters. The van der Waals surface area contributed by atoms with Gasteiger partial charge in [-0.3, -0.25) is 9.80 Å². The van der Waals surface area contributed by atoms with Crippen molar-refractivity contribution in [3.05, 3.63) is 69.7 Å². The van der Waals surface area contributed by atoms with Gasteiger partial charge < -0.3 is 19.8 Å². The molecule has 2 aromatic carbocycles. The van der Waals surface area contributed by atoms with Crippen LogP contribution >= 0.6 is 23.2 Å². The molecule has 8 heteroatoms. The Labute approximate surface area is 206 Å². The van der Waals surface area contributed by atoms with E-state index in [2.05, 4.69) is 27.8 Å². The van der Waals surface area contributed by atoms with Crippen LogP contribution in [0.2, 0.25) is 10.0 Å². The molecule has 2 aromatic rings. The van der Waals surface area contributed by atoms with E-state index < -0.39 is 12.2 Å². The zero-order valence-electron chi connectivity index (χ0n) is 19.0. The number of halogens is 2. The first-order valence-corrected chi connectivity index (χ1v) is 12.3. The summed E-state index contributed by atoms with van der Waals surface area (Å²) in [7, 11) is 2.12. The fourth-order valence-corrected chi connectivity index (χ4v) is 5.22. The lowest BCUT2D eigenvalue weighted by molar-refractivity contribution is -0.0330. The first-order valence-electron chi connectivity index (χ1n) is 11.5. The van der Waals surface area contributed by atoms with Crippen LogP contribution in [0.5, 0.6) is 0 Å². The van der Waals surface area contributed by atoms with Gasteiger partial charge in [-0.15, -0.1) is 0 Å². The Hall–Kier alpha value is -1.22. The number of ether oxygens (including phenoxy) is 1. The lowest BCUT2D eigenvalue weighted by atomic mass is 10.0. The second-order valence-electron chi connectivity index (χ2n) is 9.14. The van der Waals surface area contributed by atoms with Crippen molar-refractivity contribution in [3.63, 3.8) is 0 Å². The molecule has 6 nitrogen and oxygen atoms in total. The molecule has 0 aliphatic carbocycles. The van der Waals surface area contributed by atoms with E-state index in [9.17, 15) is 10.2 Å². The van der Waals surface area contributed by atoms with Gasteiger partial charge in [0.25, 0.3) is 0 Å². The van der Waals surface area contributed by atoms with Crippen LogP contribution < -0.4 is 0 Å². The second-order valence-corrected chi connectivity index (χ2v) is 10.0. The minimum atomic E-state index is -0.716. The van der Waals surface area contributed by atoms with Gasteiger partial charge in [-0.25, -0.2) is 0 Å². The number of hydrogen-bond donors (Lipinski definition) is 2. The molecule has 180 valence electrons. The topological polar surface area (TPSA) is 59.4 Å². The smallest absolute Gasteiger partial charge is 0.109 e. The maximum atomic E-state index is 11.0. The summed E-state index contributed by atoms with van der Waals surface area (Å²) < 4.78 is 6.22. The molecule has 4 rings (SSSR count). The van der Waals surface area contributed by atoms with E-state index >= 15 is 0 Å². The molecule has 2 aliphatic rings. The molecule has 2 saturated heterocycles. The van der Waals surface area contributed by atoms with Crippen LogP contribution in [0.1, 0.15) is 11.1 Å². The van der Waals surface area contributed by atoms with Gasteiger partial charge in [-0.2, -0.15) is 0 Å². The van der Waals surface area contributed by atoms with Crippen LogP contribution in [0.4, 0.5) is 0 Å². The molecule has 0 spiro atoms. The van der Waals surface area contributed by atoms with Crippen molar-refractivity contribution in [1.82, 2.24) is 14.7 Å². The fraction of sp³-hybridized carbons (Fsp3) is 0.520. The number of hydrogen-bond acceptors (Lipinski definition) is 6. The van der Waals surface area contributed by atoms with E-state index in [1.54, 1.807) is 0 Å². The van der Waals surface area contributed by atoms with Gasteiger partial charge in [-0.1, -0.05) is 47.5 Å². The number of nitrogens with zero attached hydrogens (tertiary/aromatic N) is 3. The van der Waals surface area contributed by atoms with Crippen LogP contribution in [-0.2, 0) is 17.8 Å². The summed E-state index contributed by atoms with van der Waals surface area (Å²) in [4.78, 5) is 6.93. The lowest BCUT2D eigenvalue weighted by Gasteiger charge is -2.40. The Balaban J connectivity index is 1.54. The third-order valence-electron chi connectivity index (χ3n) is 6.65. The fourth-order valence-electron chi connectivity index (χ4n) is 4.88. The Morgan fingerprint density at radius 3 is 2.30 bits per heavy atom. The first-order chi connectivity index (χ1) is 15.9. The summed E-state index contributed by atoms with van der Waals surface area (Å²) in [6, 6.07) is 15.6. The number of benzene rings is 2. The van der Waals surface area contributed by atoms with E-state index in [-0.39, 0.29) is 18.8 Å². The highest BCUT2D eigenvalue weighted by Crippen LogP contribution is 2.28. The summed E-state index contributed by atoms with van der Waals surface area (Å²) in [5.74, 6) is 0. The van der Waals surface area contributed by atoms with E-state index in [1.165, 1.54) is 0 Å². The molecule has 2 N–H and O–H groups in total. The third kappa shape index (κ3) is 6.47. The Bertz CT molecular complexity index is 893. The second kappa shape index (κ2) is 11.5. The largest absolute Gasteiger partial charge is 0.394 e. The molecule has 4 atom stereocenters. The Morgan fingerprint density at radius 2 is 1.64 bits per heavy atom. The van der Waals surface area contributed by atoms with Crippen LogP contribution in [0.15, 0.2) is 48.5 Å². The van der Waals surface area contributed by atoms with Gasteiger partial charge in [0, 0.05) is 55.9 Å². The van der Waals surface area contributed by atoms with Crippen LogP contribution in [0.3, 0.4) is 0 Å². The van der Waals surface area contributed by atoms with Crippen LogP contribution in [0.25, 0.3) is 0 Å². The number of aliphatic hydroxyl groups excluding tert-OH is 2. The summed E-state index contributed by atoms with van der Waals surface area (Å²) >= 11 is 12.3. The van der Waals surface area contributed by atoms with E-state index in [0.29, 0.717) is 29.7 Å². The Morgan fingerprint density at radius 1 is 0.939 bits per heavy atom. The van der Waals surface area contributed by atoms with Crippen molar-refractivity contribution in [2.75, 3.05) is 46.4 Å². The minimum absolute atomic E-state index is 0.150. The van der Waals surface area contributed by atoms with Crippen molar-refractivity contribution in [3.8, 4) is 0 Å². The molecule has 0 saturated carbocycles. The molecular formula is C25H33Cl2N3O3. The summed E-state index contributed by atoms with van der Waals surface area (Å²) in [6.45, 7) is 5.50. The highest BCUT2D eigenvalue weighted by atomic mass is 35.5. The van der Waals surface area contributed by atoms with Gasteiger partial charge in [0.2, 0.25) is 0 Å². The minimum Gasteiger partial charge on any atom is -0.394 e. The predicted octanol–water partition coefficient (Wildman–Crippen LogP) is 2.73. The SMILES string of the molecule is CN1CCN([C@H]2[C@H](O)[C@H](CO)O[C@@H]2CN(Cc2ccc(Cl)cc2)Cc2cccc(Cl)c2)CC1. The highest BCUT2D eigenvalue weighted by molar-refractivity contribution is 6.30. The molecule has 33 heavy (non-hydrogen) atoms. The average molecular weight is 494 g/mol. The zero-order chi connectivity index (χ0) is 23.4. The molecule has 2 fully saturated rings.